The van der Waals surface area contributed by atoms with E-state index >= 15 is 0 Å². The first-order chi connectivity index (χ1) is 9.92. The summed E-state index contributed by atoms with van der Waals surface area (Å²) in [5.41, 5.74) is 5.87. The number of hydrogen-bond donors (Lipinski definition) is 2. The standard InChI is InChI=1S/C18H29N3/c1-13(2)15-10-8-9-11-16(15)18(14(3)19-4)17(20-5)12-21(6)7/h8-11,13,19-20H,3,12H2,1-2,4-7H3/b18-17+. The van der Waals surface area contributed by atoms with E-state index < -0.39 is 0 Å². The summed E-state index contributed by atoms with van der Waals surface area (Å²) in [7, 11) is 8.04. The van der Waals surface area contributed by atoms with Crippen LogP contribution in [-0.2, 0) is 0 Å². The Bertz CT molecular complexity index is 513. The molecule has 0 fully saturated rings. The third kappa shape index (κ3) is 4.36. The van der Waals surface area contributed by atoms with Gasteiger partial charge in [0.2, 0.25) is 0 Å². The van der Waals surface area contributed by atoms with Crippen LogP contribution in [0.2, 0.25) is 0 Å². The Balaban J connectivity index is 3.52. The Morgan fingerprint density at radius 2 is 1.76 bits per heavy atom. The minimum absolute atomic E-state index is 0.471. The van der Waals surface area contributed by atoms with E-state index in [2.05, 4.69) is 74.3 Å². The van der Waals surface area contributed by atoms with Gasteiger partial charge >= 0.3 is 0 Å². The molecule has 0 aliphatic carbocycles. The molecule has 0 heterocycles. The smallest absolute Gasteiger partial charge is 0.0382 e. The average Bonchev–Trinajstić information content (AvgIpc) is 2.46. The number of benzene rings is 1. The number of likely N-dealkylation sites (N-methyl/N-ethyl adjacent to an activating group) is 3. The van der Waals surface area contributed by atoms with Crippen LogP contribution in [0.3, 0.4) is 0 Å². The van der Waals surface area contributed by atoms with E-state index in [1.54, 1.807) is 0 Å². The molecule has 116 valence electrons. The van der Waals surface area contributed by atoms with Crippen LogP contribution in [0.5, 0.6) is 0 Å². The molecule has 3 nitrogen and oxygen atoms in total. The van der Waals surface area contributed by atoms with E-state index in [-0.39, 0.29) is 0 Å². The van der Waals surface area contributed by atoms with Gasteiger partial charge in [0, 0.05) is 37.6 Å². The van der Waals surface area contributed by atoms with Crippen molar-refractivity contribution in [2.45, 2.75) is 19.8 Å². The maximum Gasteiger partial charge on any atom is 0.0382 e. The fraction of sp³-hybridized carbons (Fsp3) is 0.444. The highest BCUT2D eigenvalue weighted by Crippen LogP contribution is 2.30. The third-order valence-corrected chi connectivity index (χ3v) is 3.53. The minimum Gasteiger partial charge on any atom is -0.390 e. The molecule has 3 heteroatoms. The molecule has 0 spiro atoms. The Labute approximate surface area is 129 Å². The van der Waals surface area contributed by atoms with Gasteiger partial charge in [0.05, 0.1) is 0 Å². The predicted molar refractivity (Wildman–Crippen MR) is 93.3 cm³/mol. The van der Waals surface area contributed by atoms with E-state index in [9.17, 15) is 0 Å². The van der Waals surface area contributed by atoms with Crippen molar-refractivity contribution in [1.29, 1.82) is 0 Å². The number of nitrogens with zero attached hydrogens (tertiary/aromatic N) is 1. The number of rotatable bonds is 7. The molecule has 0 aromatic heterocycles. The van der Waals surface area contributed by atoms with Crippen LogP contribution >= 0.6 is 0 Å². The van der Waals surface area contributed by atoms with Crippen molar-refractivity contribution in [3.63, 3.8) is 0 Å². The monoisotopic (exact) mass is 287 g/mol. The van der Waals surface area contributed by atoms with Gasteiger partial charge in [-0.05, 0) is 31.1 Å². The van der Waals surface area contributed by atoms with Crippen LogP contribution in [0.25, 0.3) is 5.57 Å². The van der Waals surface area contributed by atoms with Gasteiger partial charge in [-0.3, -0.25) is 0 Å². The Morgan fingerprint density at radius 1 is 1.14 bits per heavy atom. The average molecular weight is 287 g/mol. The van der Waals surface area contributed by atoms with Crippen molar-refractivity contribution < 1.29 is 0 Å². The van der Waals surface area contributed by atoms with Crippen molar-refractivity contribution in [3.05, 3.63) is 53.4 Å². The van der Waals surface area contributed by atoms with Gasteiger partial charge in [0.25, 0.3) is 0 Å². The lowest BCUT2D eigenvalue weighted by atomic mass is 9.90. The fourth-order valence-electron chi connectivity index (χ4n) is 2.46. The van der Waals surface area contributed by atoms with Crippen molar-refractivity contribution in [2.24, 2.45) is 0 Å². The van der Waals surface area contributed by atoms with Crippen molar-refractivity contribution in [3.8, 4) is 0 Å². The zero-order valence-electron chi connectivity index (χ0n) is 14.2. The number of nitrogens with one attached hydrogen (secondary N) is 2. The first-order valence-corrected chi connectivity index (χ1v) is 7.44. The second-order valence-electron chi connectivity index (χ2n) is 5.81. The van der Waals surface area contributed by atoms with Gasteiger partial charge in [-0.2, -0.15) is 0 Å². The quantitative estimate of drug-likeness (QED) is 0.755. The molecule has 2 N–H and O–H groups in total. The molecule has 0 aliphatic heterocycles. The van der Waals surface area contributed by atoms with Crippen LogP contribution in [0.1, 0.15) is 30.9 Å². The highest BCUT2D eigenvalue weighted by atomic mass is 15.1. The molecule has 0 saturated carbocycles. The third-order valence-electron chi connectivity index (χ3n) is 3.53. The van der Waals surface area contributed by atoms with Gasteiger partial charge < -0.3 is 15.5 Å². The van der Waals surface area contributed by atoms with Gasteiger partial charge in [-0.25, -0.2) is 0 Å². The number of hydrogen-bond acceptors (Lipinski definition) is 3. The van der Waals surface area contributed by atoms with E-state index in [4.69, 9.17) is 0 Å². The highest BCUT2D eigenvalue weighted by Gasteiger charge is 2.16. The summed E-state index contributed by atoms with van der Waals surface area (Å²) in [5.74, 6) is 0.471. The molecule has 1 aromatic rings. The zero-order valence-corrected chi connectivity index (χ0v) is 14.2. The largest absolute Gasteiger partial charge is 0.390 e. The van der Waals surface area contributed by atoms with Gasteiger partial charge in [0.15, 0.2) is 0 Å². The summed E-state index contributed by atoms with van der Waals surface area (Å²) in [5, 5.41) is 6.56. The Kier molecular flexibility index (Phi) is 6.50. The van der Waals surface area contributed by atoms with Crippen LogP contribution in [0, 0.1) is 0 Å². The van der Waals surface area contributed by atoms with E-state index in [1.807, 2.05) is 14.1 Å². The lowest BCUT2D eigenvalue weighted by Crippen LogP contribution is -2.25. The maximum absolute atomic E-state index is 4.20. The summed E-state index contributed by atoms with van der Waals surface area (Å²) in [4.78, 5) is 2.16. The highest BCUT2D eigenvalue weighted by molar-refractivity contribution is 5.82. The molecule has 0 atom stereocenters. The second-order valence-corrected chi connectivity index (χ2v) is 5.81. The molecule has 0 amide bonds. The minimum atomic E-state index is 0.471. The van der Waals surface area contributed by atoms with Crippen LogP contribution in [0.15, 0.2) is 42.2 Å². The van der Waals surface area contributed by atoms with E-state index in [1.165, 1.54) is 16.8 Å². The lowest BCUT2D eigenvalue weighted by Gasteiger charge is -2.23. The lowest BCUT2D eigenvalue weighted by molar-refractivity contribution is 0.437. The summed E-state index contributed by atoms with van der Waals surface area (Å²) >= 11 is 0. The molecular weight excluding hydrogens is 258 g/mol. The van der Waals surface area contributed by atoms with Crippen LogP contribution < -0.4 is 10.6 Å². The summed E-state index contributed by atoms with van der Waals surface area (Å²) in [6.45, 7) is 9.50. The maximum atomic E-state index is 4.20. The zero-order chi connectivity index (χ0) is 16.0. The predicted octanol–water partition coefficient (Wildman–Crippen LogP) is 3.04. The first-order valence-electron chi connectivity index (χ1n) is 7.44. The normalized spacial score (nSPS) is 12.4. The molecule has 21 heavy (non-hydrogen) atoms. The topological polar surface area (TPSA) is 27.3 Å². The summed E-state index contributed by atoms with van der Waals surface area (Å²) in [6.07, 6.45) is 0. The molecule has 0 radical (unpaired) electrons. The fourth-order valence-corrected chi connectivity index (χ4v) is 2.46. The molecule has 1 aromatic carbocycles. The summed E-state index contributed by atoms with van der Waals surface area (Å²) < 4.78 is 0. The van der Waals surface area contributed by atoms with Gasteiger partial charge in [-0.1, -0.05) is 44.7 Å². The molecule has 0 aliphatic rings. The van der Waals surface area contributed by atoms with Crippen molar-refractivity contribution in [2.75, 3.05) is 34.7 Å². The molecule has 0 bridgehead atoms. The SMILES string of the molecule is C=C(NC)/C(=C(/CN(C)C)NC)c1ccccc1C(C)C. The number of allylic oxidation sites excluding steroid dienone is 1. The van der Waals surface area contributed by atoms with Crippen molar-refractivity contribution >= 4 is 5.57 Å². The van der Waals surface area contributed by atoms with Crippen LogP contribution in [0.4, 0.5) is 0 Å². The molecule has 0 unspecified atom stereocenters. The van der Waals surface area contributed by atoms with Gasteiger partial charge in [-0.15, -0.1) is 0 Å². The van der Waals surface area contributed by atoms with E-state index in [0.717, 1.165) is 17.8 Å². The molecule has 0 saturated heterocycles. The second kappa shape index (κ2) is 7.89. The Hall–Kier alpha value is -1.74. The van der Waals surface area contributed by atoms with Crippen LogP contribution in [-0.4, -0.2) is 39.6 Å². The van der Waals surface area contributed by atoms with Gasteiger partial charge in [0.1, 0.15) is 0 Å². The molecule has 1 rings (SSSR count). The molecular formula is C18H29N3. The first kappa shape index (κ1) is 17.3. The Morgan fingerprint density at radius 3 is 2.24 bits per heavy atom. The van der Waals surface area contributed by atoms with E-state index in [0.29, 0.717) is 5.92 Å². The summed E-state index contributed by atoms with van der Waals surface area (Å²) in [6, 6.07) is 8.57. The van der Waals surface area contributed by atoms with Crippen molar-refractivity contribution in [1.82, 2.24) is 15.5 Å².